The van der Waals surface area contributed by atoms with Gasteiger partial charge in [-0.2, -0.15) is 4.98 Å². The van der Waals surface area contributed by atoms with E-state index in [9.17, 15) is 0 Å². The Hall–Kier alpha value is -0.940. The van der Waals surface area contributed by atoms with Gasteiger partial charge in [0.1, 0.15) is 0 Å². The van der Waals surface area contributed by atoms with Crippen LogP contribution in [-0.2, 0) is 4.74 Å². The third-order valence-corrected chi connectivity index (χ3v) is 3.69. The Labute approximate surface area is 101 Å². The summed E-state index contributed by atoms with van der Waals surface area (Å²) in [5.41, 5.74) is 0. The van der Waals surface area contributed by atoms with Gasteiger partial charge in [-0.15, -0.1) is 0 Å². The fourth-order valence-electron chi connectivity index (χ4n) is 2.60. The summed E-state index contributed by atoms with van der Waals surface area (Å²) in [7, 11) is 0. The molecule has 0 bridgehead atoms. The molecule has 1 unspecified atom stereocenters. The Morgan fingerprint density at radius 1 is 1.12 bits per heavy atom. The van der Waals surface area contributed by atoms with Crippen molar-refractivity contribution < 1.29 is 9.26 Å². The van der Waals surface area contributed by atoms with Gasteiger partial charge in [0.05, 0.1) is 0 Å². The first-order valence-corrected chi connectivity index (χ1v) is 6.55. The number of nitrogens with zero attached hydrogens (tertiary/aromatic N) is 2. The third-order valence-electron chi connectivity index (χ3n) is 3.69. The lowest BCUT2D eigenvalue weighted by Crippen LogP contribution is -2.29. The number of nitrogens with one attached hydrogen (secondary N) is 1. The quantitative estimate of drug-likeness (QED) is 0.843. The van der Waals surface area contributed by atoms with Gasteiger partial charge in [-0.05, 0) is 32.2 Å². The second-order valence-electron chi connectivity index (χ2n) is 4.92. The molecule has 2 aliphatic heterocycles. The van der Waals surface area contributed by atoms with Crippen molar-refractivity contribution in [2.24, 2.45) is 0 Å². The van der Waals surface area contributed by atoms with Crippen LogP contribution in [0.3, 0.4) is 0 Å². The zero-order valence-corrected chi connectivity index (χ0v) is 10.0. The molecule has 0 aliphatic carbocycles. The summed E-state index contributed by atoms with van der Waals surface area (Å²) in [5.74, 6) is 2.54. The smallest absolute Gasteiger partial charge is 0.229 e. The van der Waals surface area contributed by atoms with Gasteiger partial charge in [-0.3, -0.25) is 0 Å². The van der Waals surface area contributed by atoms with E-state index in [2.05, 4.69) is 15.5 Å². The average molecular weight is 237 g/mol. The summed E-state index contributed by atoms with van der Waals surface area (Å²) in [6.45, 7) is 3.72. The summed E-state index contributed by atoms with van der Waals surface area (Å²) >= 11 is 0. The molecule has 1 aromatic rings. The van der Waals surface area contributed by atoms with Crippen molar-refractivity contribution in [1.82, 2.24) is 15.5 Å². The zero-order chi connectivity index (χ0) is 11.5. The molecule has 0 spiro atoms. The number of aromatic nitrogens is 2. The van der Waals surface area contributed by atoms with Crippen molar-refractivity contribution in [2.75, 3.05) is 26.3 Å². The zero-order valence-electron chi connectivity index (χ0n) is 10.0. The molecule has 2 aliphatic rings. The van der Waals surface area contributed by atoms with E-state index < -0.39 is 0 Å². The fraction of sp³-hybridized carbons (Fsp3) is 0.833. The first-order valence-electron chi connectivity index (χ1n) is 6.55. The van der Waals surface area contributed by atoms with Crippen LogP contribution in [-0.4, -0.2) is 36.4 Å². The minimum Gasteiger partial charge on any atom is -0.381 e. The molecule has 0 saturated carbocycles. The second-order valence-corrected chi connectivity index (χ2v) is 4.92. The number of ether oxygens (including phenoxy) is 1. The molecule has 5 heteroatoms. The van der Waals surface area contributed by atoms with E-state index in [1.165, 1.54) is 12.8 Å². The van der Waals surface area contributed by atoms with Gasteiger partial charge in [0.2, 0.25) is 5.89 Å². The Kier molecular flexibility index (Phi) is 3.38. The minimum atomic E-state index is 0.404. The minimum absolute atomic E-state index is 0.404. The standard InChI is InChI=1S/C12H19N3O2/c1-2-10(8-13-5-1)11-14-12(17-15-11)9-3-6-16-7-4-9/h9-10,13H,1-8H2. The molecule has 94 valence electrons. The van der Waals surface area contributed by atoms with Gasteiger partial charge >= 0.3 is 0 Å². The molecule has 2 fully saturated rings. The largest absolute Gasteiger partial charge is 0.381 e. The lowest BCUT2D eigenvalue weighted by molar-refractivity contribution is 0.0778. The van der Waals surface area contributed by atoms with Crippen molar-refractivity contribution in [3.63, 3.8) is 0 Å². The average Bonchev–Trinajstić information content (AvgIpc) is 2.90. The number of piperidine rings is 1. The molecular weight excluding hydrogens is 218 g/mol. The van der Waals surface area contributed by atoms with Gasteiger partial charge < -0.3 is 14.6 Å². The van der Waals surface area contributed by atoms with Gasteiger partial charge in [0, 0.05) is 31.6 Å². The highest BCUT2D eigenvalue weighted by molar-refractivity contribution is 5.01. The van der Waals surface area contributed by atoms with Crippen LogP contribution in [0.1, 0.15) is 49.2 Å². The lowest BCUT2D eigenvalue weighted by atomic mass is 9.98. The molecule has 3 heterocycles. The van der Waals surface area contributed by atoms with Crippen LogP contribution in [0.25, 0.3) is 0 Å². The molecule has 1 aromatic heterocycles. The first-order chi connectivity index (χ1) is 8.43. The van der Waals surface area contributed by atoms with E-state index in [4.69, 9.17) is 9.26 Å². The van der Waals surface area contributed by atoms with Gasteiger partial charge in [0.25, 0.3) is 0 Å². The van der Waals surface area contributed by atoms with Crippen LogP contribution in [0.4, 0.5) is 0 Å². The van der Waals surface area contributed by atoms with E-state index in [0.717, 1.165) is 50.9 Å². The van der Waals surface area contributed by atoms with Crippen LogP contribution < -0.4 is 5.32 Å². The Morgan fingerprint density at radius 2 is 2.00 bits per heavy atom. The topological polar surface area (TPSA) is 60.2 Å². The molecular formula is C12H19N3O2. The summed E-state index contributed by atoms with van der Waals surface area (Å²) < 4.78 is 10.8. The Bertz CT molecular complexity index is 322. The van der Waals surface area contributed by atoms with Gasteiger partial charge in [0.15, 0.2) is 5.82 Å². The normalized spacial score (nSPS) is 27.2. The van der Waals surface area contributed by atoms with Gasteiger partial charge in [-0.25, -0.2) is 0 Å². The molecule has 0 amide bonds. The summed E-state index contributed by atoms with van der Waals surface area (Å²) in [6.07, 6.45) is 4.38. The highest BCUT2D eigenvalue weighted by atomic mass is 16.5. The fourth-order valence-corrected chi connectivity index (χ4v) is 2.60. The molecule has 5 nitrogen and oxygen atoms in total. The van der Waals surface area contributed by atoms with E-state index in [0.29, 0.717) is 11.8 Å². The first kappa shape index (κ1) is 11.2. The van der Waals surface area contributed by atoms with Crippen LogP contribution in [0.5, 0.6) is 0 Å². The van der Waals surface area contributed by atoms with Crippen molar-refractivity contribution in [2.45, 2.75) is 37.5 Å². The van der Waals surface area contributed by atoms with E-state index in [1.54, 1.807) is 0 Å². The molecule has 3 rings (SSSR count). The van der Waals surface area contributed by atoms with Crippen molar-refractivity contribution in [1.29, 1.82) is 0 Å². The summed E-state index contributed by atoms with van der Waals surface area (Å²) in [4.78, 5) is 4.58. The molecule has 17 heavy (non-hydrogen) atoms. The predicted molar refractivity (Wildman–Crippen MR) is 61.9 cm³/mol. The third kappa shape index (κ3) is 2.50. The maximum absolute atomic E-state index is 5.41. The SMILES string of the molecule is C1CNCC(c2noc(C3CCOCC3)n2)C1. The Balaban J connectivity index is 1.68. The van der Waals surface area contributed by atoms with Crippen molar-refractivity contribution in [3.05, 3.63) is 11.7 Å². The second kappa shape index (κ2) is 5.14. The highest BCUT2D eigenvalue weighted by Crippen LogP contribution is 2.27. The maximum Gasteiger partial charge on any atom is 0.229 e. The van der Waals surface area contributed by atoms with Crippen molar-refractivity contribution in [3.8, 4) is 0 Å². The molecule has 1 N–H and O–H groups in total. The predicted octanol–water partition coefficient (Wildman–Crippen LogP) is 1.43. The number of hydrogen-bond donors (Lipinski definition) is 1. The van der Waals surface area contributed by atoms with Crippen molar-refractivity contribution >= 4 is 0 Å². The molecule has 0 radical (unpaired) electrons. The van der Waals surface area contributed by atoms with Crippen LogP contribution in [0, 0.1) is 0 Å². The van der Waals surface area contributed by atoms with Gasteiger partial charge in [-0.1, -0.05) is 5.16 Å². The Morgan fingerprint density at radius 3 is 2.76 bits per heavy atom. The summed E-state index contributed by atoms with van der Waals surface area (Å²) in [5, 5.41) is 7.53. The van der Waals surface area contributed by atoms with Crippen LogP contribution in [0.15, 0.2) is 4.52 Å². The molecule has 0 aromatic carbocycles. The van der Waals surface area contributed by atoms with E-state index in [1.807, 2.05) is 0 Å². The van der Waals surface area contributed by atoms with Crippen LogP contribution >= 0.6 is 0 Å². The number of rotatable bonds is 2. The van der Waals surface area contributed by atoms with E-state index >= 15 is 0 Å². The highest BCUT2D eigenvalue weighted by Gasteiger charge is 2.25. The van der Waals surface area contributed by atoms with E-state index in [-0.39, 0.29) is 0 Å². The molecule has 2 saturated heterocycles. The summed E-state index contributed by atoms with van der Waals surface area (Å²) in [6, 6.07) is 0. The number of hydrogen-bond acceptors (Lipinski definition) is 5. The monoisotopic (exact) mass is 237 g/mol. The lowest BCUT2D eigenvalue weighted by Gasteiger charge is -2.19. The van der Waals surface area contributed by atoms with Crippen LogP contribution in [0.2, 0.25) is 0 Å². The maximum atomic E-state index is 5.41. The molecule has 1 atom stereocenters.